The van der Waals surface area contributed by atoms with Gasteiger partial charge in [-0.2, -0.15) is 0 Å². The molecule has 0 amide bonds. The molecule has 0 aromatic heterocycles. The van der Waals surface area contributed by atoms with Gasteiger partial charge in [0, 0.05) is 6.04 Å². The first-order valence-corrected chi connectivity index (χ1v) is 8.93. The maximum Gasteiger partial charge on any atom is 0.0780 e. The van der Waals surface area contributed by atoms with E-state index in [0.29, 0.717) is 6.54 Å². The fourth-order valence-electron chi connectivity index (χ4n) is 2.69. The lowest BCUT2D eigenvalue weighted by atomic mass is 10.0. The Morgan fingerprint density at radius 3 is 1.81 bits per heavy atom. The van der Waals surface area contributed by atoms with Gasteiger partial charge in [-0.1, -0.05) is 64.7 Å². The van der Waals surface area contributed by atoms with Crippen molar-refractivity contribution in [3.63, 3.8) is 0 Å². The van der Waals surface area contributed by atoms with E-state index in [1.807, 2.05) is 0 Å². The summed E-state index contributed by atoms with van der Waals surface area (Å²) in [5, 5.41) is 20.6. The Balaban J connectivity index is 3.39. The van der Waals surface area contributed by atoms with Gasteiger partial charge >= 0.3 is 0 Å². The molecule has 0 aliphatic heterocycles. The van der Waals surface area contributed by atoms with Gasteiger partial charge < -0.3 is 15.1 Å². The molecule has 21 heavy (non-hydrogen) atoms. The standard InChI is InChI=1S/C17H38N2O2/c1-4-5-6-7-8-9-10-11-12-14-17(18-20)15-13-16-19(2,3)21/h17-18,20H,4-16H2,1-3H3. The molecule has 0 spiro atoms. The van der Waals surface area contributed by atoms with Gasteiger partial charge in [0.1, 0.15) is 0 Å². The van der Waals surface area contributed by atoms with Crippen LogP contribution < -0.4 is 5.48 Å². The molecule has 1 unspecified atom stereocenters. The molecular formula is C17H38N2O2. The van der Waals surface area contributed by atoms with Gasteiger partial charge in [-0.15, -0.1) is 0 Å². The topological polar surface area (TPSA) is 55.3 Å². The van der Waals surface area contributed by atoms with Crippen LogP contribution in [0.1, 0.15) is 84.0 Å². The number of nitrogens with one attached hydrogen (secondary N) is 1. The second kappa shape index (κ2) is 13.5. The van der Waals surface area contributed by atoms with Crippen molar-refractivity contribution in [2.45, 2.75) is 90.0 Å². The van der Waals surface area contributed by atoms with E-state index in [9.17, 15) is 5.21 Å². The molecule has 4 nitrogen and oxygen atoms in total. The Morgan fingerprint density at radius 2 is 1.33 bits per heavy atom. The average molecular weight is 303 g/mol. The predicted octanol–water partition coefficient (Wildman–Crippen LogP) is 4.61. The minimum atomic E-state index is -0.240. The summed E-state index contributed by atoms with van der Waals surface area (Å²) in [5.41, 5.74) is 2.40. The van der Waals surface area contributed by atoms with Crippen molar-refractivity contribution in [1.29, 1.82) is 0 Å². The minimum absolute atomic E-state index is 0.154. The van der Waals surface area contributed by atoms with Crippen LogP contribution in [0.3, 0.4) is 0 Å². The molecule has 0 bridgehead atoms. The van der Waals surface area contributed by atoms with Crippen LogP contribution in [0.2, 0.25) is 0 Å². The van der Waals surface area contributed by atoms with Crippen LogP contribution in [-0.4, -0.2) is 36.5 Å². The molecule has 128 valence electrons. The maximum atomic E-state index is 11.5. The summed E-state index contributed by atoms with van der Waals surface area (Å²) in [5.74, 6) is 0. The highest BCUT2D eigenvalue weighted by Crippen LogP contribution is 2.13. The van der Waals surface area contributed by atoms with Gasteiger partial charge in [0.15, 0.2) is 0 Å². The summed E-state index contributed by atoms with van der Waals surface area (Å²) >= 11 is 0. The molecule has 0 radical (unpaired) electrons. The number of hydroxylamine groups is 4. The van der Waals surface area contributed by atoms with Crippen LogP contribution in [0.15, 0.2) is 0 Å². The molecule has 0 aliphatic rings. The molecule has 0 aliphatic carbocycles. The lowest BCUT2D eigenvalue weighted by Gasteiger charge is -2.34. The SMILES string of the molecule is CCCCCCCCCCCC(CCC[N+](C)(C)[O-])NO. The number of quaternary nitrogens is 1. The number of rotatable bonds is 15. The van der Waals surface area contributed by atoms with Crippen molar-refractivity contribution in [1.82, 2.24) is 5.48 Å². The molecule has 0 rings (SSSR count). The lowest BCUT2D eigenvalue weighted by Crippen LogP contribution is -2.34. The van der Waals surface area contributed by atoms with Crippen LogP contribution >= 0.6 is 0 Å². The second-order valence-electron chi connectivity index (χ2n) is 6.88. The highest BCUT2D eigenvalue weighted by atomic mass is 16.5. The Bertz CT molecular complexity index is 217. The monoisotopic (exact) mass is 302 g/mol. The first-order chi connectivity index (χ1) is 9.99. The maximum absolute atomic E-state index is 11.5. The molecule has 1 atom stereocenters. The first-order valence-electron chi connectivity index (χ1n) is 8.93. The van der Waals surface area contributed by atoms with E-state index < -0.39 is 0 Å². The van der Waals surface area contributed by atoms with Gasteiger partial charge in [0.05, 0.1) is 20.6 Å². The fraction of sp³-hybridized carbons (Fsp3) is 1.00. The van der Waals surface area contributed by atoms with Crippen molar-refractivity contribution in [2.75, 3.05) is 20.6 Å². The van der Waals surface area contributed by atoms with Crippen LogP contribution in [-0.2, 0) is 0 Å². The normalized spacial score (nSPS) is 13.6. The van der Waals surface area contributed by atoms with Crippen LogP contribution in [0.5, 0.6) is 0 Å². The Morgan fingerprint density at radius 1 is 0.857 bits per heavy atom. The molecule has 0 saturated heterocycles. The Kier molecular flexibility index (Phi) is 13.4. The lowest BCUT2D eigenvalue weighted by molar-refractivity contribution is -0.840. The smallest absolute Gasteiger partial charge is 0.0780 e. The van der Waals surface area contributed by atoms with Gasteiger partial charge in [-0.25, -0.2) is 5.48 Å². The molecule has 0 heterocycles. The van der Waals surface area contributed by atoms with Gasteiger partial charge in [-0.05, 0) is 19.3 Å². The summed E-state index contributed by atoms with van der Waals surface area (Å²) in [7, 11) is 3.34. The number of hydrogen-bond donors (Lipinski definition) is 2. The summed E-state index contributed by atoms with van der Waals surface area (Å²) in [6, 6.07) is 0.154. The van der Waals surface area contributed by atoms with E-state index >= 15 is 0 Å². The summed E-state index contributed by atoms with van der Waals surface area (Å²) in [4.78, 5) is 0. The molecular weight excluding hydrogens is 264 g/mol. The molecule has 0 saturated carbocycles. The van der Waals surface area contributed by atoms with E-state index in [-0.39, 0.29) is 10.7 Å². The summed E-state index contributed by atoms with van der Waals surface area (Å²) < 4.78 is -0.240. The first kappa shape index (κ1) is 20.8. The van der Waals surface area contributed by atoms with Gasteiger partial charge in [0.2, 0.25) is 0 Å². The average Bonchev–Trinajstić information content (AvgIpc) is 2.42. The van der Waals surface area contributed by atoms with Crippen LogP contribution in [0, 0.1) is 5.21 Å². The zero-order valence-corrected chi connectivity index (χ0v) is 14.6. The van der Waals surface area contributed by atoms with Gasteiger partial charge in [0.25, 0.3) is 0 Å². The molecule has 0 fully saturated rings. The Labute approximate surface area is 132 Å². The van der Waals surface area contributed by atoms with Crippen molar-refractivity contribution in [2.24, 2.45) is 0 Å². The third-order valence-corrected chi connectivity index (χ3v) is 4.09. The number of nitrogens with zero attached hydrogens (tertiary/aromatic N) is 1. The van der Waals surface area contributed by atoms with Crippen LogP contribution in [0.4, 0.5) is 0 Å². The van der Waals surface area contributed by atoms with E-state index in [1.54, 1.807) is 14.1 Å². The number of unbranched alkanes of at least 4 members (excludes halogenated alkanes) is 8. The zero-order valence-electron chi connectivity index (χ0n) is 14.6. The number of hydrogen-bond acceptors (Lipinski definition) is 3. The third kappa shape index (κ3) is 16.0. The molecule has 2 N–H and O–H groups in total. The summed E-state index contributed by atoms with van der Waals surface area (Å²) in [6.07, 6.45) is 14.7. The zero-order chi connectivity index (χ0) is 16.0. The molecule has 0 aromatic carbocycles. The van der Waals surface area contributed by atoms with E-state index in [1.165, 1.54) is 57.8 Å². The van der Waals surface area contributed by atoms with E-state index in [0.717, 1.165) is 19.3 Å². The molecule has 0 aromatic rings. The van der Waals surface area contributed by atoms with Gasteiger partial charge in [-0.3, -0.25) is 0 Å². The highest BCUT2D eigenvalue weighted by Gasteiger charge is 2.09. The van der Waals surface area contributed by atoms with Crippen molar-refractivity contribution < 1.29 is 9.85 Å². The third-order valence-electron chi connectivity index (χ3n) is 4.09. The highest BCUT2D eigenvalue weighted by molar-refractivity contribution is 4.62. The quantitative estimate of drug-likeness (QED) is 0.264. The second-order valence-corrected chi connectivity index (χ2v) is 6.88. The van der Waals surface area contributed by atoms with Crippen molar-refractivity contribution in [3.05, 3.63) is 5.21 Å². The predicted molar refractivity (Wildman–Crippen MR) is 90.1 cm³/mol. The Hall–Kier alpha value is -0.160. The van der Waals surface area contributed by atoms with Crippen molar-refractivity contribution >= 4 is 0 Å². The van der Waals surface area contributed by atoms with E-state index in [4.69, 9.17) is 5.21 Å². The molecule has 4 heteroatoms. The minimum Gasteiger partial charge on any atom is -0.633 e. The fourth-order valence-corrected chi connectivity index (χ4v) is 2.69. The largest absolute Gasteiger partial charge is 0.633 e. The summed E-state index contributed by atoms with van der Waals surface area (Å²) in [6.45, 7) is 2.87. The van der Waals surface area contributed by atoms with E-state index in [2.05, 4.69) is 12.4 Å². The van der Waals surface area contributed by atoms with Crippen LogP contribution in [0.25, 0.3) is 0 Å². The van der Waals surface area contributed by atoms with Crippen molar-refractivity contribution in [3.8, 4) is 0 Å².